The van der Waals surface area contributed by atoms with Crippen molar-refractivity contribution in [1.29, 1.82) is 0 Å². The lowest BCUT2D eigenvalue weighted by molar-refractivity contribution is -0.113. The van der Waals surface area contributed by atoms with Crippen molar-refractivity contribution in [1.82, 2.24) is 14.8 Å². The van der Waals surface area contributed by atoms with E-state index in [1.165, 1.54) is 17.4 Å². The van der Waals surface area contributed by atoms with Crippen LogP contribution in [0.1, 0.15) is 13.8 Å². The molecule has 158 valence electrons. The number of rotatable bonds is 8. The van der Waals surface area contributed by atoms with Gasteiger partial charge in [-0.25, -0.2) is 0 Å². The molecule has 0 atom stereocenters. The first kappa shape index (κ1) is 22.5. The van der Waals surface area contributed by atoms with Gasteiger partial charge in [0.15, 0.2) is 11.0 Å². The molecule has 0 aliphatic heterocycles. The number of amides is 1. The summed E-state index contributed by atoms with van der Waals surface area (Å²) in [7, 11) is 1.89. The number of halogens is 2. The van der Waals surface area contributed by atoms with Gasteiger partial charge in [-0.15, -0.1) is 10.2 Å². The first-order valence-electron chi connectivity index (χ1n) is 9.54. The van der Waals surface area contributed by atoms with Gasteiger partial charge in [0.1, 0.15) is 0 Å². The molecule has 0 radical (unpaired) electrons. The summed E-state index contributed by atoms with van der Waals surface area (Å²) in [6.45, 7) is 6.20. The number of hydrogen-bond donors (Lipinski definition) is 1. The van der Waals surface area contributed by atoms with Crippen LogP contribution in [0.2, 0.25) is 10.0 Å². The Labute approximate surface area is 190 Å². The minimum atomic E-state index is -0.175. The number of anilines is 2. The Morgan fingerprint density at radius 3 is 2.30 bits per heavy atom. The molecule has 1 heterocycles. The predicted octanol–water partition coefficient (Wildman–Crippen LogP) is 5.37. The zero-order valence-corrected chi connectivity index (χ0v) is 19.4. The zero-order chi connectivity index (χ0) is 21.7. The van der Waals surface area contributed by atoms with Crippen LogP contribution < -0.4 is 10.2 Å². The third-order valence-electron chi connectivity index (χ3n) is 4.57. The number of benzene rings is 2. The summed E-state index contributed by atoms with van der Waals surface area (Å²) in [5.41, 5.74) is 2.72. The lowest BCUT2D eigenvalue weighted by Crippen LogP contribution is -2.21. The number of carbonyl (C=O) groups is 1. The van der Waals surface area contributed by atoms with E-state index in [-0.39, 0.29) is 11.7 Å². The van der Waals surface area contributed by atoms with Gasteiger partial charge in [-0.3, -0.25) is 4.79 Å². The highest BCUT2D eigenvalue weighted by atomic mass is 35.5. The van der Waals surface area contributed by atoms with E-state index < -0.39 is 0 Å². The molecule has 0 aliphatic rings. The second kappa shape index (κ2) is 10.2. The third kappa shape index (κ3) is 5.47. The molecule has 0 aliphatic carbocycles. The molecule has 0 unspecified atom stereocenters. The Hall–Kier alpha value is -2.22. The van der Waals surface area contributed by atoms with Crippen LogP contribution >= 0.6 is 35.0 Å². The number of nitrogens with zero attached hydrogens (tertiary/aromatic N) is 4. The molecule has 0 saturated heterocycles. The monoisotopic (exact) mass is 463 g/mol. The molecule has 1 amide bonds. The summed E-state index contributed by atoms with van der Waals surface area (Å²) in [5.74, 6) is 0.772. The van der Waals surface area contributed by atoms with Crippen LogP contribution in [0, 0.1) is 0 Å². The Balaban J connectivity index is 1.64. The van der Waals surface area contributed by atoms with E-state index >= 15 is 0 Å². The van der Waals surface area contributed by atoms with Gasteiger partial charge in [0.05, 0.1) is 5.75 Å². The van der Waals surface area contributed by atoms with Crippen LogP contribution in [0.25, 0.3) is 11.4 Å². The van der Waals surface area contributed by atoms with E-state index in [1.807, 2.05) is 23.7 Å². The molecule has 3 rings (SSSR count). The Kier molecular flexibility index (Phi) is 7.64. The third-order valence-corrected chi connectivity index (χ3v) is 6.02. The molecule has 0 bridgehead atoms. The van der Waals surface area contributed by atoms with E-state index in [4.69, 9.17) is 23.2 Å². The van der Waals surface area contributed by atoms with Gasteiger partial charge in [0.25, 0.3) is 0 Å². The second-order valence-corrected chi connectivity index (χ2v) is 8.39. The molecule has 30 heavy (non-hydrogen) atoms. The van der Waals surface area contributed by atoms with Crippen molar-refractivity contribution in [2.24, 2.45) is 7.05 Å². The molecule has 0 saturated carbocycles. The quantitative estimate of drug-likeness (QED) is 0.455. The fraction of sp³-hybridized carbons (Fsp3) is 0.286. The summed E-state index contributed by atoms with van der Waals surface area (Å²) >= 11 is 13.2. The normalized spacial score (nSPS) is 10.8. The van der Waals surface area contributed by atoms with Crippen LogP contribution in [0.4, 0.5) is 11.4 Å². The summed E-state index contributed by atoms with van der Waals surface area (Å²) in [6, 6.07) is 13.2. The van der Waals surface area contributed by atoms with Gasteiger partial charge < -0.3 is 14.8 Å². The van der Waals surface area contributed by atoms with Gasteiger partial charge >= 0.3 is 0 Å². The highest BCUT2D eigenvalue weighted by Crippen LogP contribution is 2.26. The topological polar surface area (TPSA) is 63.1 Å². The highest BCUT2D eigenvalue weighted by molar-refractivity contribution is 7.99. The molecule has 0 fully saturated rings. The lowest BCUT2D eigenvalue weighted by atomic mass is 10.2. The Morgan fingerprint density at radius 2 is 1.70 bits per heavy atom. The molecule has 0 spiro atoms. The standard InChI is InChI=1S/C21H23Cl2N5OS/c1-4-28(5-2)18-8-6-14(7-9-18)20-25-26-21(27(20)3)30-13-19(29)24-17-11-15(22)10-16(23)12-17/h6-12H,4-5,13H2,1-3H3,(H,24,29). The van der Waals surface area contributed by atoms with Gasteiger partial charge in [-0.2, -0.15) is 0 Å². The van der Waals surface area contributed by atoms with Gasteiger partial charge in [-0.05, 0) is 56.3 Å². The van der Waals surface area contributed by atoms with Gasteiger partial charge in [-0.1, -0.05) is 35.0 Å². The summed E-state index contributed by atoms with van der Waals surface area (Å²) in [5, 5.41) is 12.9. The first-order valence-corrected chi connectivity index (χ1v) is 11.3. The largest absolute Gasteiger partial charge is 0.372 e. The van der Waals surface area contributed by atoms with Crippen molar-refractivity contribution in [2.75, 3.05) is 29.1 Å². The van der Waals surface area contributed by atoms with E-state index in [9.17, 15) is 4.79 Å². The van der Waals surface area contributed by atoms with Crippen LogP contribution in [-0.4, -0.2) is 39.5 Å². The van der Waals surface area contributed by atoms with Gasteiger partial charge in [0.2, 0.25) is 5.91 Å². The van der Waals surface area contributed by atoms with Gasteiger partial charge in [0, 0.05) is 47.1 Å². The van der Waals surface area contributed by atoms with Crippen LogP contribution in [-0.2, 0) is 11.8 Å². The summed E-state index contributed by atoms with van der Waals surface area (Å²) in [4.78, 5) is 14.6. The predicted molar refractivity (Wildman–Crippen MR) is 126 cm³/mol. The van der Waals surface area contributed by atoms with E-state index in [1.54, 1.807) is 18.2 Å². The molecule has 1 aromatic heterocycles. The maximum absolute atomic E-state index is 12.3. The average molecular weight is 464 g/mol. The molecular weight excluding hydrogens is 441 g/mol. The molecule has 3 aromatic rings. The minimum Gasteiger partial charge on any atom is -0.372 e. The van der Waals surface area contributed by atoms with Crippen molar-refractivity contribution >= 4 is 52.2 Å². The highest BCUT2D eigenvalue weighted by Gasteiger charge is 2.14. The lowest BCUT2D eigenvalue weighted by Gasteiger charge is -2.21. The zero-order valence-electron chi connectivity index (χ0n) is 17.0. The fourth-order valence-electron chi connectivity index (χ4n) is 3.06. The molecule has 1 N–H and O–H groups in total. The number of thioether (sulfide) groups is 1. The molecular formula is C21H23Cl2N5OS. The van der Waals surface area contributed by atoms with E-state index in [0.29, 0.717) is 20.9 Å². The van der Waals surface area contributed by atoms with Crippen LogP contribution in [0.3, 0.4) is 0 Å². The van der Waals surface area contributed by atoms with Crippen LogP contribution in [0.15, 0.2) is 47.6 Å². The van der Waals surface area contributed by atoms with Crippen molar-refractivity contribution in [2.45, 2.75) is 19.0 Å². The Bertz CT molecular complexity index is 998. The summed E-state index contributed by atoms with van der Waals surface area (Å²) in [6.07, 6.45) is 0. The van der Waals surface area contributed by atoms with Crippen molar-refractivity contribution in [3.05, 3.63) is 52.5 Å². The maximum Gasteiger partial charge on any atom is 0.234 e. The number of nitrogens with one attached hydrogen (secondary N) is 1. The van der Waals surface area contributed by atoms with Crippen LogP contribution in [0.5, 0.6) is 0 Å². The first-order chi connectivity index (χ1) is 14.4. The van der Waals surface area contributed by atoms with Crippen molar-refractivity contribution in [3.63, 3.8) is 0 Å². The fourth-order valence-corrected chi connectivity index (χ4v) is 4.29. The Morgan fingerprint density at radius 1 is 1.07 bits per heavy atom. The average Bonchev–Trinajstić information content (AvgIpc) is 3.07. The van der Waals surface area contributed by atoms with E-state index in [0.717, 1.165) is 24.5 Å². The van der Waals surface area contributed by atoms with E-state index in [2.05, 4.69) is 46.4 Å². The SMILES string of the molecule is CCN(CC)c1ccc(-c2nnc(SCC(=O)Nc3cc(Cl)cc(Cl)c3)n2C)cc1. The summed E-state index contributed by atoms with van der Waals surface area (Å²) < 4.78 is 1.89. The van der Waals surface area contributed by atoms with Crippen molar-refractivity contribution in [3.8, 4) is 11.4 Å². The minimum absolute atomic E-state index is 0.175. The maximum atomic E-state index is 12.3. The number of carbonyl (C=O) groups excluding carboxylic acids is 1. The molecule has 2 aromatic carbocycles. The smallest absolute Gasteiger partial charge is 0.234 e. The van der Waals surface area contributed by atoms with Crippen molar-refractivity contribution < 1.29 is 4.79 Å². The molecule has 6 nitrogen and oxygen atoms in total. The molecule has 9 heteroatoms. The second-order valence-electron chi connectivity index (χ2n) is 6.58. The number of hydrogen-bond acceptors (Lipinski definition) is 5. The number of aromatic nitrogens is 3.